The fourth-order valence-electron chi connectivity index (χ4n) is 2.64. The molecule has 3 rings (SSSR count). The van der Waals surface area contributed by atoms with Crippen LogP contribution in [0.15, 0.2) is 29.2 Å². The van der Waals surface area contributed by atoms with Gasteiger partial charge in [-0.2, -0.15) is 4.31 Å². The highest BCUT2D eigenvalue weighted by molar-refractivity contribution is 7.89. The van der Waals surface area contributed by atoms with Gasteiger partial charge in [-0.05, 0) is 55.7 Å². The summed E-state index contributed by atoms with van der Waals surface area (Å²) in [6.07, 6.45) is 5.14. The molecule has 1 aromatic carbocycles. The predicted molar refractivity (Wildman–Crippen MR) is 83.3 cm³/mol. The average Bonchev–Trinajstić information content (AvgIpc) is 3.37. The van der Waals surface area contributed by atoms with Gasteiger partial charge in [-0.15, -0.1) is 0 Å². The Morgan fingerprint density at radius 3 is 2.57 bits per heavy atom. The summed E-state index contributed by atoms with van der Waals surface area (Å²) in [4.78, 5) is 0.399. The van der Waals surface area contributed by atoms with Gasteiger partial charge in [0.25, 0.3) is 0 Å². The third-order valence-electron chi connectivity index (χ3n) is 4.42. The van der Waals surface area contributed by atoms with Gasteiger partial charge < -0.3 is 5.73 Å². The third-order valence-corrected chi connectivity index (χ3v) is 6.34. The number of hydrogen-bond donors (Lipinski definition) is 1. The zero-order chi connectivity index (χ0) is 15.0. The molecular formula is C16H24N2O2S. The van der Waals surface area contributed by atoms with Crippen LogP contribution in [0.3, 0.4) is 0 Å². The monoisotopic (exact) mass is 308 g/mol. The fraction of sp³-hybridized carbons (Fsp3) is 0.625. The molecule has 0 aromatic heterocycles. The third kappa shape index (κ3) is 3.30. The molecule has 0 bridgehead atoms. The molecule has 0 saturated heterocycles. The van der Waals surface area contributed by atoms with Gasteiger partial charge >= 0.3 is 0 Å². The van der Waals surface area contributed by atoms with Gasteiger partial charge in [0.15, 0.2) is 0 Å². The quantitative estimate of drug-likeness (QED) is 0.842. The molecule has 116 valence electrons. The molecule has 0 aliphatic heterocycles. The predicted octanol–water partition coefficient (Wildman–Crippen LogP) is 2.66. The average molecular weight is 308 g/mol. The Bertz CT molecular complexity index is 606. The lowest BCUT2D eigenvalue weighted by Gasteiger charge is -2.22. The highest BCUT2D eigenvalue weighted by Gasteiger charge is 2.41. The van der Waals surface area contributed by atoms with Crippen molar-refractivity contribution in [1.29, 1.82) is 0 Å². The number of hydrogen-bond acceptors (Lipinski definition) is 3. The van der Waals surface area contributed by atoms with Crippen LogP contribution in [0.2, 0.25) is 0 Å². The first-order valence-electron chi connectivity index (χ1n) is 7.89. The van der Waals surface area contributed by atoms with Crippen molar-refractivity contribution >= 4 is 10.0 Å². The first-order chi connectivity index (χ1) is 10.0. The summed E-state index contributed by atoms with van der Waals surface area (Å²) in [7, 11) is -3.38. The zero-order valence-electron chi connectivity index (χ0n) is 12.5. The molecule has 1 unspecified atom stereocenters. The van der Waals surface area contributed by atoms with E-state index in [9.17, 15) is 8.42 Å². The van der Waals surface area contributed by atoms with Crippen molar-refractivity contribution in [2.45, 2.75) is 56.0 Å². The molecule has 0 radical (unpaired) electrons. The standard InChI is InChI=1S/C16H24N2O2S/c1-2-16(17)13-4-3-5-15(10-13)21(19,20)18(14-8-9-14)11-12-6-7-12/h3-5,10,12,14,16H,2,6-9,11,17H2,1H3. The van der Waals surface area contributed by atoms with Crippen molar-refractivity contribution in [3.63, 3.8) is 0 Å². The van der Waals surface area contributed by atoms with E-state index in [1.807, 2.05) is 13.0 Å². The van der Waals surface area contributed by atoms with Crippen LogP contribution in [0, 0.1) is 5.92 Å². The van der Waals surface area contributed by atoms with Crippen molar-refractivity contribution in [2.75, 3.05) is 6.54 Å². The molecule has 2 aliphatic carbocycles. The molecule has 0 spiro atoms. The molecular weight excluding hydrogens is 284 g/mol. The van der Waals surface area contributed by atoms with Crippen LogP contribution in [-0.2, 0) is 10.0 Å². The molecule has 2 N–H and O–H groups in total. The molecule has 1 atom stereocenters. The van der Waals surface area contributed by atoms with Crippen LogP contribution in [0.25, 0.3) is 0 Å². The molecule has 4 nitrogen and oxygen atoms in total. The second kappa shape index (κ2) is 5.71. The summed E-state index contributed by atoms with van der Waals surface area (Å²) < 4.78 is 27.6. The lowest BCUT2D eigenvalue weighted by atomic mass is 10.1. The highest BCUT2D eigenvalue weighted by atomic mass is 32.2. The molecule has 21 heavy (non-hydrogen) atoms. The van der Waals surface area contributed by atoms with Gasteiger partial charge in [0, 0.05) is 18.6 Å². The van der Waals surface area contributed by atoms with E-state index in [1.54, 1.807) is 22.5 Å². The Hall–Kier alpha value is -0.910. The van der Waals surface area contributed by atoms with Crippen molar-refractivity contribution in [3.8, 4) is 0 Å². The number of sulfonamides is 1. The van der Waals surface area contributed by atoms with E-state index in [0.717, 1.165) is 24.8 Å². The summed E-state index contributed by atoms with van der Waals surface area (Å²) in [5.74, 6) is 0.571. The van der Waals surface area contributed by atoms with Crippen molar-refractivity contribution in [3.05, 3.63) is 29.8 Å². The maximum Gasteiger partial charge on any atom is 0.243 e. The molecule has 1 aromatic rings. The van der Waals surface area contributed by atoms with Gasteiger partial charge in [0.05, 0.1) is 4.90 Å². The molecule has 0 amide bonds. The van der Waals surface area contributed by atoms with Gasteiger partial charge in [-0.3, -0.25) is 0 Å². The van der Waals surface area contributed by atoms with Crippen LogP contribution in [0.5, 0.6) is 0 Å². The summed E-state index contributed by atoms with van der Waals surface area (Å²) in [5.41, 5.74) is 6.94. The Labute approximate surface area is 127 Å². The second-order valence-corrected chi connectivity index (χ2v) is 8.23. The Kier molecular flexibility index (Phi) is 4.08. The van der Waals surface area contributed by atoms with Gasteiger partial charge in [0.1, 0.15) is 0 Å². The first kappa shape index (κ1) is 15.0. The fourth-order valence-corrected chi connectivity index (χ4v) is 4.45. The Morgan fingerprint density at radius 1 is 1.29 bits per heavy atom. The molecule has 5 heteroatoms. The molecule has 0 heterocycles. The normalized spacial score (nSPS) is 20.7. The lowest BCUT2D eigenvalue weighted by molar-refractivity contribution is 0.388. The first-order valence-corrected chi connectivity index (χ1v) is 9.33. The number of rotatable bonds is 7. The van der Waals surface area contributed by atoms with Gasteiger partial charge in [0.2, 0.25) is 10.0 Å². The van der Waals surface area contributed by atoms with Crippen LogP contribution in [0.1, 0.15) is 50.6 Å². The minimum absolute atomic E-state index is 0.0991. The highest BCUT2D eigenvalue weighted by Crippen LogP contribution is 2.38. The van der Waals surface area contributed by atoms with E-state index in [4.69, 9.17) is 5.73 Å². The summed E-state index contributed by atoms with van der Waals surface area (Å²) in [5, 5.41) is 0. The largest absolute Gasteiger partial charge is 0.324 e. The van der Waals surface area contributed by atoms with Crippen molar-refractivity contribution < 1.29 is 8.42 Å². The molecule has 2 saturated carbocycles. The van der Waals surface area contributed by atoms with E-state index in [1.165, 1.54) is 12.8 Å². The van der Waals surface area contributed by atoms with E-state index in [2.05, 4.69) is 0 Å². The van der Waals surface area contributed by atoms with Crippen LogP contribution >= 0.6 is 0 Å². The van der Waals surface area contributed by atoms with E-state index >= 15 is 0 Å². The second-order valence-electron chi connectivity index (χ2n) is 6.34. The smallest absolute Gasteiger partial charge is 0.243 e. The number of nitrogens with two attached hydrogens (primary N) is 1. The summed E-state index contributed by atoms with van der Waals surface area (Å²) in [6, 6.07) is 7.29. The maximum absolute atomic E-state index is 12.9. The summed E-state index contributed by atoms with van der Waals surface area (Å²) >= 11 is 0. The number of nitrogens with zero attached hydrogens (tertiary/aromatic N) is 1. The van der Waals surface area contributed by atoms with E-state index in [0.29, 0.717) is 17.4 Å². The summed E-state index contributed by atoms with van der Waals surface area (Å²) in [6.45, 7) is 2.70. The minimum atomic E-state index is -3.38. The van der Waals surface area contributed by atoms with Crippen molar-refractivity contribution in [2.24, 2.45) is 11.7 Å². The number of benzene rings is 1. The van der Waals surface area contributed by atoms with Gasteiger partial charge in [-0.1, -0.05) is 19.1 Å². The lowest BCUT2D eigenvalue weighted by Crippen LogP contribution is -2.35. The van der Waals surface area contributed by atoms with Crippen LogP contribution in [0.4, 0.5) is 0 Å². The van der Waals surface area contributed by atoms with E-state index < -0.39 is 10.0 Å². The van der Waals surface area contributed by atoms with Gasteiger partial charge in [-0.25, -0.2) is 8.42 Å². The Balaban J connectivity index is 1.88. The molecule has 2 aliphatic rings. The topological polar surface area (TPSA) is 63.4 Å². The maximum atomic E-state index is 12.9. The van der Waals surface area contributed by atoms with E-state index in [-0.39, 0.29) is 12.1 Å². The van der Waals surface area contributed by atoms with Crippen LogP contribution in [-0.4, -0.2) is 25.3 Å². The van der Waals surface area contributed by atoms with Crippen LogP contribution < -0.4 is 5.73 Å². The zero-order valence-corrected chi connectivity index (χ0v) is 13.3. The van der Waals surface area contributed by atoms with Crippen molar-refractivity contribution in [1.82, 2.24) is 4.31 Å². The Morgan fingerprint density at radius 2 is 2.00 bits per heavy atom. The minimum Gasteiger partial charge on any atom is -0.324 e. The molecule has 2 fully saturated rings. The SMILES string of the molecule is CCC(N)c1cccc(S(=O)(=O)N(CC2CC2)C2CC2)c1.